The Kier molecular flexibility index (Phi) is 30.5. The van der Waals surface area contributed by atoms with Crippen molar-refractivity contribution in [1.29, 1.82) is 0 Å². The zero-order chi connectivity index (χ0) is 42.3. The van der Waals surface area contributed by atoms with Gasteiger partial charge in [0, 0.05) is 71.0 Å². The number of nitrogens with one attached hydrogen (secondary N) is 4. The fourth-order valence-corrected chi connectivity index (χ4v) is 6.15. The van der Waals surface area contributed by atoms with E-state index in [9.17, 15) is 43.2 Å². The summed E-state index contributed by atoms with van der Waals surface area (Å²) in [4.78, 5) is 106. The number of carbonyl (C=O) groups excluding carboxylic acids is 9. The van der Waals surface area contributed by atoms with E-state index in [1.807, 2.05) is 20.8 Å². The van der Waals surface area contributed by atoms with Crippen molar-refractivity contribution in [3.63, 3.8) is 0 Å². The van der Waals surface area contributed by atoms with E-state index in [4.69, 9.17) is 0 Å². The summed E-state index contributed by atoms with van der Waals surface area (Å²) in [6.07, 6.45) is 9.68. The lowest BCUT2D eigenvalue weighted by atomic mass is 9.71. The highest BCUT2D eigenvalue weighted by atomic mass is 16.2. The normalized spacial score (nSPS) is 11.1. The quantitative estimate of drug-likeness (QED) is 0.0649. The fourth-order valence-electron chi connectivity index (χ4n) is 6.15. The van der Waals surface area contributed by atoms with Crippen LogP contribution in [0, 0.1) is 10.8 Å². The van der Waals surface area contributed by atoms with Gasteiger partial charge in [0.2, 0.25) is 23.6 Å². The number of ketones is 5. The maximum Gasteiger partial charge on any atom is 0.220 e. The van der Waals surface area contributed by atoms with Crippen molar-refractivity contribution < 1.29 is 43.2 Å². The van der Waals surface area contributed by atoms with Gasteiger partial charge in [0.15, 0.2) is 0 Å². The molecule has 0 bridgehead atoms. The molecule has 0 aromatic rings. The van der Waals surface area contributed by atoms with E-state index in [-0.39, 0.29) is 90.2 Å². The molecule has 0 spiro atoms. The average molecular weight is 779 g/mol. The third kappa shape index (κ3) is 31.2. The molecule has 13 nitrogen and oxygen atoms in total. The number of rotatable bonds is 32. The molecule has 0 saturated heterocycles. The average Bonchev–Trinajstić information content (AvgIpc) is 3.13. The molecule has 0 fully saturated rings. The van der Waals surface area contributed by atoms with E-state index in [2.05, 4.69) is 21.3 Å². The van der Waals surface area contributed by atoms with Gasteiger partial charge in [-0.3, -0.25) is 24.0 Å². The zero-order valence-electron chi connectivity index (χ0n) is 35.4. The van der Waals surface area contributed by atoms with Crippen LogP contribution in [-0.2, 0) is 43.2 Å². The van der Waals surface area contributed by atoms with E-state index >= 15 is 0 Å². The van der Waals surface area contributed by atoms with Crippen molar-refractivity contribution >= 4 is 52.5 Å². The minimum Gasteiger partial charge on any atom is -0.356 e. The molecule has 0 unspecified atom stereocenters. The molecule has 0 radical (unpaired) electrons. The van der Waals surface area contributed by atoms with E-state index in [0.717, 1.165) is 19.3 Å². The van der Waals surface area contributed by atoms with E-state index in [1.54, 1.807) is 27.7 Å². The largest absolute Gasteiger partial charge is 0.356 e. The molecule has 0 saturated carbocycles. The van der Waals surface area contributed by atoms with Gasteiger partial charge in [0.25, 0.3) is 0 Å². The van der Waals surface area contributed by atoms with Gasteiger partial charge in [-0.1, -0.05) is 20.8 Å². The molecule has 0 rings (SSSR count). The van der Waals surface area contributed by atoms with Gasteiger partial charge in [0.1, 0.15) is 28.9 Å². The highest BCUT2D eigenvalue weighted by molar-refractivity contribution is 5.84. The van der Waals surface area contributed by atoms with Crippen molar-refractivity contribution in [2.45, 2.75) is 177 Å². The van der Waals surface area contributed by atoms with Crippen LogP contribution in [0.1, 0.15) is 177 Å². The number of Topliss-reactive ketones (excluding diaryl/α,β-unsaturated/α-hetero) is 5. The molecular weight excluding hydrogens is 704 g/mol. The summed E-state index contributed by atoms with van der Waals surface area (Å²) >= 11 is 0. The second-order valence-electron chi connectivity index (χ2n) is 15.3. The van der Waals surface area contributed by atoms with Crippen LogP contribution < -0.4 is 21.3 Å². The Balaban J connectivity index is 0. The molecule has 0 atom stereocenters. The van der Waals surface area contributed by atoms with Crippen molar-refractivity contribution in [2.24, 2.45) is 10.8 Å². The predicted octanol–water partition coefficient (Wildman–Crippen LogP) is 5.83. The molecule has 0 aromatic heterocycles. The summed E-state index contributed by atoms with van der Waals surface area (Å²) in [5.41, 5.74) is -0.779. The molecule has 316 valence electrons. The van der Waals surface area contributed by atoms with Crippen LogP contribution in [0.5, 0.6) is 0 Å². The highest BCUT2D eigenvalue weighted by Gasteiger charge is 2.33. The van der Waals surface area contributed by atoms with Crippen LogP contribution in [0.25, 0.3) is 0 Å². The summed E-state index contributed by atoms with van der Waals surface area (Å²) in [5, 5.41) is 11.2. The Labute approximate surface area is 330 Å². The Morgan fingerprint density at radius 3 is 0.745 bits per heavy atom. The zero-order valence-corrected chi connectivity index (χ0v) is 35.4. The third-order valence-electron chi connectivity index (χ3n) is 9.81. The first-order valence-corrected chi connectivity index (χ1v) is 20.4. The van der Waals surface area contributed by atoms with Crippen LogP contribution in [0.2, 0.25) is 0 Å². The van der Waals surface area contributed by atoms with Gasteiger partial charge >= 0.3 is 0 Å². The minimum atomic E-state index is -0.524. The Morgan fingerprint density at radius 2 is 0.545 bits per heavy atom. The molecule has 0 aromatic carbocycles. The number of amides is 4. The van der Waals surface area contributed by atoms with Crippen molar-refractivity contribution in [2.75, 3.05) is 26.2 Å². The smallest absolute Gasteiger partial charge is 0.220 e. The molecule has 0 aliphatic carbocycles. The Morgan fingerprint density at radius 1 is 0.327 bits per heavy atom. The molecule has 0 aliphatic rings. The second-order valence-corrected chi connectivity index (χ2v) is 15.3. The lowest BCUT2D eigenvalue weighted by Crippen LogP contribution is -2.34. The lowest BCUT2D eigenvalue weighted by Gasteiger charge is -2.34. The highest BCUT2D eigenvalue weighted by Crippen LogP contribution is 2.41. The minimum absolute atomic E-state index is 0.0237. The number of hydrogen-bond donors (Lipinski definition) is 4. The number of hydrogen-bond acceptors (Lipinski definition) is 9. The van der Waals surface area contributed by atoms with Crippen LogP contribution >= 0.6 is 0 Å². The topological polar surface area (TPSA) is 202 Å². The Bertz CT molecular complexity index is 1090. The first-order chi connectivity index (χ1) is 25.8. The molecule has 13 heteroatoms. The molecular formula is C42H74N4O9. The Hall–Kier alpha value is -3.77. The van der Waals surface area contributed by atoms with Crippen LogP contribution in [0.3, 0.4) is 0 Å². The van der Waals surface area contributed by atoms with Crippen molar-refractivity contribution in [3.8, 4) is 0 Å². The van der Waals surface area contributed by atoms with Crippen LogP contribution in [-0.4, -0.2) is 78.7 Å². The molecule has 4 N–H and O–H groups in total. The first-order valence-electron chi connectivity index (χ1n) is 20.4. The maximum atomic E-state index is 12.3. The maximum absolute atomic E-state index is 12.3. The third-order valence-corrected chi connectivity index (χ3v) is 9.81. The van der Waals surface area contributed by atoms with E-state index in [0.29, 0.717) is 96.7 Å². The van der Waals surface area contributed by atoms with E-state index < -0.39 is 5.41 Å². The second kappa shape index (κ2) is 31.4. The van der Waals surface area contributed by atoms with Crippen LogP contribution in [0.15, 0.2) is 0 Å². The summed E-state index contributed by atoms with van der Waals surface area (Å²) < 4.78 is 0. The predicted molar refractivity (Wildman–Crippen MR) is 215 cm³/mol. The van der Waals surface area contributed by atoms with Crippen molar-refractivity contribution in [1.82, 2.24) is 21.3 Å². The SMILES string of the molecule is CC(=O)CCC(CCC(C)=O)(CCC(C)=O)CCC(C)=O.CCCNC(=O)CCC(CCC(=O)NCCC)(CCC(=O)NCCC)CCC(=O)NCC(C)=O. The number of carbonyl (C=O) groups is 9. The molecule has 0 aliphatic heterocycles. The molecule has 4 amide bonds. The monoisotopic (exact) mass is 779 g/mol. The molecule has 55 heavy (non-hydrogen) atoms. The summed E-state index contributed by atoms with van der Waals surface area (Å²) in [7, 11) is 0. The van der Waals surface area contributed by atoms with Gasteiger partial charge in [-0.25, -0.2) is 0 Å². The summed E-state index contributed by atoms with van der Waals surface area (Å²) in [6, 6.07) is 0. The first kappa shape index (κ1) is 53.3. The van der Waals surface area contributed by atoms with Gasteiger partial charge < -0.3 is 40.4 Å². The van der Waals surface area contributed by atoms with Crippen LogP contribution in [0.4, 0.5) is 0 Å². The van der Waals surface area contributed by atoms with Crippen molar-refractivity contribution in [3.05, 3.63) is 0 Å². The molecule has 0 heterocycles. The summed E-state index contributed by atoms with van der Waals surface area (Å²) in [6.45, 7) is 15.3. The standard InChI is InChI=1S/C25H46N4O5.C17H28O4/c1-5-16-26-21(31)8-12-25(13-9-22(32)27-17-6-2,14-10-23(33)28-18-7-3)15-11-24(34)29-19-20(4)30;1-13(18)5-9-17(10-6-14(2)19,11-7-15(3)20)12-8-16(4)21/h5-19H2,1-4H3,(H,26,31)(H,27,32)(H,28,33)(H,29,34);5-12H2,1-4H3. The fraction of sp³-hybridized carbons (Fsp3) is 0.786. The van der Waals surface area contributed by atoms with Gasteiger partial charge in [0.05, 0.1) is 6.54 Å². The van der Waals surface area contributed by atoms with Gasteiger partial charge in [-0.05, 0) is 116 Å². The lowest BCUT2D eigenvalue weighted by molar-refractivity contribution is -0.125. The van der Waals surface area contributed by atoms with E-state index in [1.165, 1.54) is 6.92 Å². The van der Waals surface area contributed by atoms with Gasteiger partial charge in [-0.2, -0.15) is 0 Å². The summed E-state index contributed by atoms with van der Waals surface area (Å²) in [5.74, 6) is -0.177. The van der Waals surface area contributed by atoms with Gasteiger partial charge in [-0.15, -0.1) is 0 Å².